The van der Waals surface area contributed by atoms with Crippen LogP contribution in [0, 0.1) is 0 Å². The Balaban J connectivity index is 4.06. The van der Waals surface area contributed by atoms with Crippen molar-refractivity contribution in [3.63, 3.8) is 0 Å². The standard InChI is InChI=1S/C18H45O6PS4Si3/c1-19-7-10-22-30-16-4-13-27-25(26,28-14-5-17-31-23-11-8-20-2)29-15-6-18-32-24-12-9-21-3/h4-18,30-32H2,1-3H3. The molecule has 0 saturated carbocycles. The molecule has 0 rings (SSSR count). The first kappa shape index (κ1) is 34.1. The third-order valence-corrected chi connectivity index (χ3v) is 23.6. The van der Waals surface area contributed by atoms with Gasteiger partial charge in [-0.15, -0.1) is 34.1 Å². The van der Waals surface area contributed by atoms with Gasteiger partial charge in [0.15, 0.2) is 29.3 Å². The van der Waals surface area contributed by atoms with Crippen LogP contribution in [0.5, 0.6) is 0 Å². The Hall–Kier alpha value is 2.11. The lowest BCUT2D eigenvalue weighted by Gasteiger charge is -2.20. The molecule has 0 N–H and O–H groups in total. The highest BCUT2D eigenvalue weighted by molar-refractivity contribution is 9.23. The van der Waals surface area contributed by atoms with Crippen molar-refractivity contribution in [3.05, 3.63) is 0 Å². The van der Waals surface area contributed by atoms with Crippen molar-refractivity contribution >= 4 is 78.9 Å². The first-order valence-corrected chi connectivity index (χ1v) is 23.7. The van der Waals surface area contributed by atoms with Gasteiger partial charge in [0.2, 0.25) is 0 Å². The predicted molar refractivity (Wildman–Crippen MR) is 159 cm³/mol. The molecule has 0 bridgehead atoms. The van der Waals surface area contributed by atoms with Gasteiger partial charge in [-0.25, -0.2) is 0 Å². The van der Waals surface area contributed by atoms with Gasteiger partial charge in [-0.05, 0) is 54.7 Å². The van der Waals surface area contributed by atoms with E-state index in [1.807, 2.05) is 0 Å². The molecule has 0 aromatic rings. The molecular weight excluding hydrogens is 556 g/mol. The second-order valence-corrected chi connectivity index (χ2v) is 27.4. The van der Waals surface area contributed by atoms with E-state index < -0.39 is 32.9 Å². The van der Waals surface area contributed by atoms with Gasteiger partial charge in [-0.3, -0.25) is 0 Å². The normalized spacial score (nSPS) is 14.6. The van der Waals surface area contributed by atoms with Crippen molar-refractivity contribution in [2.24, 2.45) is 0 Å². The van der Waals surface area contributed by atoms with E-state index in [2.05, 4.69) is 34.1 Å². The topological polar surface area (TPSA) is 55.4 Å². The summed E-state index contributed by atoms with van der Waals surface area (Å²) >= 11 is 12.4. The van der Waals surface area contributed by atoms with Gasteiger partial charge in [0.1, 0.15) is 3.64 Å². The monoisotopic (exact) mass is 600 g/mol. The molecule has 0 aliphatic heterocycles. The molecule has 0 saturated heterocycles. The van der Waals surface area contributed by atoms with Crippen LogP contribution in [0.1, 0.15) is 19.3 Å². The zero-order valence-electron chi connectivity index (χ0n) is 20.3. The lowest BCUT2D eigenvalue weighted by atomic mass is 10.6. The van der Waals surface area contributed by atoms with Crippen LogP contribution < -0.4 is 0 Å². The zero-order chi connectivity index (χ0) is 23.6. The Bertz CT molecular complexity index is 379. The second-order valence-electron chi connectivity index (χ2n) is 6.88. The van der Waals surface area contributed by atoms with Gasteiger partial charge in [0.25, 0.3) is 0 Å². The van der Waals surface area contributed by atoms with Gasteiger partial charge < -0.3 is 27.5 Å². The van der Waals surface area contributed by atoms with E-state index in [9.17, 15) is 0 Å². The number of methoxy groups -OCH3 is 3. The van der Waals surface area contributed by atoms with E-state index >= 15 is 0 Å². The van der Waals surface area contributed by atoms with Crippen molar-refractivity contribution in [2.45, 2.75) is 37.4 Å². The molecule has 0 spiro atoms. The lowest BCUT2D eigenvalue weighted by Crippen LogP contribution is -2.05. The number of rotatable bonds is 27. The fourth-order valence-electron chi connectivity index (χ4n) is 2.29. The molecule has 6 nitrogen and oxygen atoms in total. The Morgan fingerprint density at radius 2 is 0.875 bits per heavy atom. The van der Waals surface area contributed by atoms with Crippen molar-refractivity contribution in [2.75, 3.05) is 78.2 Å². The molecule has 14 heteroatoms. The van der Waals surface area contributed by atoms with Gasteiger partial charge in [0.05, 0.1) is 39.6 Å². The van der Waals surface area contributed by atoms with Crippen LogP contribution in [0.2, 0.25) is 18.1 Å². The molecule has 0 amide bonds. The Labute approximate surface area is 220 Å². The van der Waals surface area contributed by atoms with E-state index in [1.54, 1.807) is 21.3 Å². The summed E-state index contributed by atoms with van der Waals surface area (Å²) in [6.07, 6.45) is 3.68. The van der Waals surface area contributed by atoms with Crippen LogP contribution in [0.4, 0.5) is 0 Å². The summed E-state index contributed by atoms with van der Waals surface area (Å²) < 4.78 is 30.7. The molecule has 0 aliphatic rings. The maximum Gasteiger partial charge on any atom is 0.161 e. The van der Waals surface area contributed by atoms with E-state index in [-0.39, 0.29) is 0 Å². The summed E-state index contributed by atoms with van der Waals surface area (Å²) in [7, 11) is 3.95. The molecule has 0 aliphatic carbocycles. The highest BCUT2D eigenvalue weighted by atomic mass is 33.5. The van der Waals surface area contributed by atoms with Crippen LogP contribution in [0.3, 0.4) is 0 Å². The van der Waals surface area contributed by atoms with Gasteiger partial charge in [-0.1, -0.05) is 11.8 Å². The molecule has 194 valence electrons. The molecule has 0 radical (unpaired) electrons. The molecule has 0 aromatic carbocycles. The summed E-state index contributed by atoms with van der Waals surface area (Å²) in [6.45, 7) is 4.35. The quantitative estimate of drug-likeness (QED) is 0.0799. The minimum absolute atomic E-state index is 0.402. The molecule has 32 heavy (non-hydrogen) atoms. The molecule has 0 atom stereocenters. The maximum absolute atomic E-state index is 6.20. The SMILES string of the molecule is COCCO[SiH2]CCCSP(=S)(SCCC[SiH2]OCCOC)SCCC[SiH2]OCCOC. The van der Waals surface area contributed by atoms with Crippen LogP contribution in [-0.2, 0) is 39.3 Å². The smallest absolute Gasteiger partial charge is 0.161 e. The molecule has 0 fully saturated rings. The highest BCUT2D eigenvalue weighted by Crippen LogP contribution is 2.78. The minimum atomic E-state index is -1.47. The summed E-state index contributed by atoms with van der Waals surface area (Å²) in [5.41, 5.74) is 0. The molecule has 0 aromatic heterocycles. The average Bonchev–Trinajstić information content (AvgIpc) is 2.79. The third-order valence-electron chi connectivity index (χ3n) is 4.09. The molecule has 0 unspecified atom stereocenters. The minimum Gasteiger partial charge on any atom is -0.422 e. The fourth-order valence-corrected chi connectivity index (χ4v) is 20.1. The van der Waals surface area contributed by atoms with Gasteiger partial charge in [-0.2, -0.15) is 0 Å². The van der Waals surface area contributed by atoms with Crippen molar-refractivity contribution in [1.29, 1.82) is 0 Å². The van der Waals surface area contributed by atoms with Crippen molar-refractivity contribution < 1.29 is 27.5 Å². The Morgan fingerprint density at radius 1 is 0.562 bits per heavy atom. The number of hydrogen-bond acceptors (Lipinski definition) is 10. The van der Waals surface area contributed by atoms with Crippen LogP contribution in [0.15, 0.2) is 0 Å². The molecule has 0 heterocycles. The predicted octanol–water partition coefficient (Wildman–Crippen LogP) is 3.08. The van der Waals surface area contributed by atoms with E-state index in [1.165, 1.54) is 54.7 Å². The summed E-state index contributed by atoms with van der Waals surface area (Å²) in [4.78, 5) is 0. The summed E-state index contributed by atoms with van der Waals surface area (Å²) in [6, 6.07) is 3.70. The van der Waals surface area contributed by atoms with E-state index in [4.69, 9.17) is 39.3 Å². The van der Waals surface area contributed by atoms with Crippen molar-refractivity contribution in [3.8, 4) is 0 Å². The number of ether oxygens (including phenoxy) is 3. The number of hydrogen-bond donors (Lipinski definition) is 0. The first-order valence-electron chi connectivity index (χ1n) is 11.4. The largest absolute Gasteiger partial charge is 0.422 e. The van der Waals surface area contributed by atoms with Crippen LogP contribution >= 0.6 is 37.8 Å². The summed E-state index contributed by atoms with van der Waals surface area (Å²) in [5, 5.41) is 0. The molecular formula is C18H45O6PS4Si3. The van der Waals surface area contributed by atoms with Gasteiger partial charge in [0, 0.05) is 21.3 Å². The van der Waals surface area contributed by atoms with Crippen molar-refractivity contribution in [1.82, 2.24) is 0 Å². The first-order chi connectivity index (χ1) is 15.7. The van der Waals surface area contributed by atoms with E-state index in [0.717, 1.165) is 19.8 Å². The lowest BCUT2D eigenvalue weighted by molar-refractivity contribution is 0.149. The summed E-state index contributed by atoms with van der Waals surface area (Å²) in [5.74, 6) is 3.50. The Morgan fingerprint density at radius 3 is 1.16 bits per heavy atom. The fraction of sp³-hybridized carbons (Fsp3) is 1.00. The van der Waals surface area contributed by atoms with Crippen LogP contribution in [0.25, 0.3) is 0 Å². The maximum atomic E-state index is 6.20. The highest BCUT2D eigenvalue weighted by Gasteiger charge is 2.19. The Kier molecular flexibility index (Phi) is 29.5. The second kappa shape index (κ2) is 27.7. The van der Waals surface area contributed by atoms with E-state index in [0.29, 0.717) is 19.8 Å². The third kappa shape index (κ3) is 25.2. The van der Waals surface area contributed by atoms with Gasteiger partial charge >= 0.3 is 0 Å². The van der Waals surface area contributed by atoms with Crippen LogP contribution in [-0.4, -0.2) is 108 Å². The average molecular weight is 601 g/mol. The zero-order valence-corrected chi connectivity index (χ0v) is 28.7.